The van der Waals surface area contributed by atoms with Gasteiger partial charge in [0.15, 0.2) is 5.13 Å². The molecular formula is C8H14N2OS. The third-order valence-electron chi connectivity index (χ3n) is 1.66. The van der Waals surface area contributed by atoms with Crippen LogP contribution in [-0.4, -0.2) is 22.7 Å². The molecular weight excluding hydrogens is 172 g/mol. The van der Waals surface area contributed by atoms with Crippen LogP contribution >= 0.6 is 11.3 Å². The van der Waals surface area contributed by atoms with Gasteiger partial charge in [-0.05, 0) is 13.3 Å². The summed E-state index contributed by atoms with van der Waals surface area (Å²) in [6, 6.07) is 0.135. The molecule has 1 heterocycles. The van der Waals surface area contributed by atoms with Crippen LogP contribution in [0.2, 0.25) is 0 Å². The lowest BCUT2D eigenvalue weighted by atomic mass is 10.2. The molecule has 1 atom stereocenters. The zero-order valence-electron chi connectivity index (χ0n) is 7.37. The highest BCUT2D eigenvalue weighted by Crippen LogP contribution is 2.17. The summed E-state index contributed by atoms with van der Waals surface area (Å²) < 4.78 is 0. The summed E-state index contributed by atoms with van der Waals surface area (Å²) in [6.45, 7) is 4.21. The molecule has 1 aromatic rings. The second kappa shape index (κ2) is 4.42. The van der Waals surface area contributed by atoms with Crippen LogP contribution in [0.4, 0.5) is 5.13 Å². The number of aryl methyl sites for hydroxylation is 1. The van der Waals surface area contributed by atoms with E-state index in [2.05, 4.69) is 10.3 Å². The number of nitrogens with one attached hydrogen (secondary N) is 1. The summed E-state index contributed by atoms with van der Waals surface area (Å²) >= 11 is 1.61. The van der Waals surface area contributed by atoms with Gasteiger partial charge in [-0.25, -0.2) is 4.98 Å². The average molecular weight is 186 g/mol. The van der Waals surface area contributed by atoms with Crippen LogP contribution in [0, 0.1) is 6.92 Å². The molecule has 1 aromatic heterocycles. The molecule has 0 bridgehead atoms. The summed E-state index contributed by atoms with van der Waals surface area (Å²) in [4.78, 5) is 5.33. The maximum Gasteiger partial charge on any atom is 0.183 e. The number of hydrogen-bond acceptors (Lipinski definition) is 4. The van der Waals surface area contributed by atoms with Crippen molar-refractivity contribution >= 4 is 16.5 Å². The second-order valence-electron chi connectivity index (χ2n) is 2.71. The molecule has 0 fully saturated rings. The maximum atomic E-state index is 8.91. The Balaban J connectivity index is 2.50. The van der Waals surface area contributed by atoms with Gasteiger partial charge in [-0.1, -0.05) is 6.92 Å². The minimum absolute atomic E-state index is 0.135. The van der Waals surface area contributed by atoms with E-state index in [0.717, 1.165) is 11.6 Å². The molecule has 68 valence electrons. The van der Waals surface area contributed by atoms with Crippen molar-refractivity contribution < 1.29 is 5.11 Å². The Morgan fingerprint density at radius 2 is 2.50 bits per heavy atom. The number of thiazole rings is 1. The van der Waals surface area contributed by atoms with E-state index in [-0.39, 0.29) is 12.6 Å². The van der Waals surface area contributed by atoms with Crippen molar-refractivity contribution in [3.63, 3.8) is 0 Å². The monoisotopic (exact) mass is 186 g/mol. The fourth-order valence-corrected chi connectivity index (χ4v) is 1.61. The summed E-state index contributed by atoms with van der Waals surface area (Å²) in [5.41, 5.74) is 0. The van der Waals surface area contributed by atoms with E-state index in [0.29, 0.717) is 0 Å². The van der Waals surface area contributed by atoms with Gasteiger partial charge >= 0.3 is 0 Å². The first kappa shape index (κ1) is 9.48. The van der Waals surface area contributed by atoms with Crippen LogP contribution in [0.25, 0.3) is 0 Å². The van der Waals surface area contributed by atoms with Gasteiger partial charge in [0.2, 0.25) is 0 Å². The molecule has 3 nitrogen and oxygen atoms in total. The molecule has 0 aromatic carbocycles. The van der Waals surface area contributed by atoms with E-state index >= 15 is 0 Å². The number of aliphatic hydroxyl groups excluding tert-OH is 1. The van der Waals surface area contributed by atoms with E-state index < -0.39 is 0 Å². The van der Waals surface area contributed by atoms with Crippen LogP contribution < -0.4 is 5.32 Å². The number of nitrogens with zero attached hydrogens (tertiary/aromatic N) is 1. The van der Waals surface area contributed by atoms with Gasteiger partial charge in [0.25, 0.3) is 0 Å². The van der Waals surface area contributed by atoms with Crippen LogP contribution in [0.1, 0.15) is 18.2 Å². The Hall–Kier alpha value is -0.610. The van der Waals surface area contributed by atoms with Crippen LogP contribution in [0.3, 0.4) is 0 Å². The average Bonchev–Trinajstić information content (AvgIpc) is 2.47. The lowest BCUT2D eigenvalue weighted by Crippen LogP contribution is -2.22. The molecule has 0 amide bonds. The van der Waals surface area contributed by atoms with Crippen molar-refractivity contribution in [2.75, 3.05) is 11.9 Å². The fourth-order valence-electron chi connectivity index (χ4n) is 0.873. The number of rotatable bonds is 4. The van der Waals surface area contributed by atoms with Gasteiger partial charge in [0.1, 0.15) is 0 Å². The molecule has 0 radical (unpaired) electrons. The Morgan fingerprint density at radius 1 is 1.75 bits per heavy atom. The zero-order valence-corrected chi connectivity index (χ0v) is 8.19. The van der Waals surface area contributed by atoms with Gasteiger partial charge in [0, 0.05) is 11.1 Å². The first-order chi connectivity index (χ1) is 5.76. The predicted octanol–water partition coefficient (Wildman–Crippen LogP) is 1.63. The Bertz CT molecular complexity index is 233. The third kappa shape index (κ3) is 2.46. The molecule has 1 rings (SSSR count). The second-order valence-corrected chi connectivity index (χ2v) is 3.94. The first-order valence-electron chi connectivity index (χ1n) is 4.06. The van der Waals surface area contributed by atoms with E-state index in [1.54, 1.807) is 11.3 Å². The summed E-state index contributed by atoms with van der Waals surface area (Å²) in [7, 11) is 0. The molecule has 0 spiro atoms. The van der Waals surface area contributed by atoms with Gasteiger partial charge < -0.3 is 10.4 Å². The standard InChI is InChI=1S/C8H14N2OS/c1-3-7(5-11)10-8-9-4-6(2)12-8/h4,7,11H,3,5H2,1-2H3,(H,9,10). The number of hydrogen-bond donors (Lipinski definition) is 2. The summed E-state index contributed by atoms with van der Waals surface area (Å²) in [5, 5.41) is 13.0. The molecule has 12 heavy (non-hydrogen) atoms. The maximum absolute atomic E-state index is 8.91. The predicted molar refractivity (Wildman–Crippen MR) is 51.6 cm³/mol. The van der Waals surface area contributed by atoms with Crippen molar-refractivity contribution in [3.05, 3.63) is 11.1 Å². The van der Waals surface area contributed by atoms with E-state index in [1.807, 2.05) is 20.0 Å². The van der Waals surface area contributed by atoms with Gasteiger partial charge in [-0.2, -0.15) is 0 Å². The van der Waals surface area contributed by atoms with E-state index in [4.69, 9.17) is 5.11 Å². The molecule has 0 aliphatic rings. The van der Waals surface area contributed by atoms with E-state index in [9.17, 15) is 0 Å². The highest BCUT2D eigenvalue weighted by molar-refractivity contribution is 7.15. The molecule has 0 saturated carbocycles. The van der Waals surface area contributed by atoms with Crippen LogP contribution in [0.5, 0.6) is 0 Å². The van der Waals surface area contributed by atoms with Gasteiger partial charge in [-0.15, -0.1) is 11.3 Å². The van der Waals surface area contributed by atoms with Gasteiger partial charge in [0.05, 0.1) is 12.6 Å². The minimum Gasteiger partial charge on any atom is -0.394 e. The highest BCUT2D eigenvalue weighted by atomic mass is 32.1. The molecule has 0 aliphatic heterocycles. The van der Waals surface area contributed by atoms with Gasteiger partial charge in [-0.3, -0.25) is 0 Å². The first-order valence-corrected chi connectivity index (χ1v) is 4.87. The lowest BCUT2D eigenvalue weighted by molar-refractivity contribution is 0.272. The third-order valence-corrected chi connectivity index (χ3v) is 2.51. The normalized spacial score (nSPS) is 12.9. The fraction of sp³-hybridized carbons (Fsp3) is 0.625. The summed E-state index contributed by atoms with van der Waals surface area (Å²) in [5.74, 6) is 0. The molecule has 4 heteroatoms. The van der Waals surface area contributed by atoms with Crippen LogP contribution in [0.15, 0.2) is 6.20 Å². The van der Waals surface area contributed by atoms with Crippen molar-refractivity contribution in [1.29, 1.82) is 0 Å². The van der Waals surface area contributed by atoms with Crippen molar-refractivity contribution in [2.24, 2.45) is 0 Å². The summed E-state index contributed by atoms with van der Waals surface area (Å²) in [6.07, 6.45) is 2.74. The largest absolute Gasteiger partial charge is 0.394 e. The minimum atomic E-state index is 0.135. The lowest BCUT2D eigenvalue weighted by Gasteiger charge is -2.11. The topological polar surface area (TPSA) is 45.1 Å². The quantitative estimate of drug-likeness (QED) is 0.751. The molecule has 0 saturated heterocycles. The zero-order chi connectivity index (χ0) is 8.97. The molecule has 0 aliphatic carbocycles. The van der Waals surface area contributed by atoms with Crippen molar-refractivity contribution in [2.45, 2.75) is 26.3 Å². The SMILES string of the molecule is CCC(CO)Nc1ncc(C)s1. The molecule has 1 unspecified atom stereocenters. The highest BCUT2D eigenvalue weighted by Gasteiger charge is 2.05. The smallest absolute Gasteiger partial charge is 0.183 e. The van der Waals surface area contributed by atoms with Crippen LogP contribution in [-0.2, 0) is 0 Å². The van der Waals surface area contributed by atoms with Crippen molar-refractivity contribution in [1.82, 2.24) is 4.98 Å². The number of aliphatic hydroxyl groups is 1. The van der Waals surface area contributed by atoms with E-state index in [1.165, 1.54) is 4.88 Å². The Labute approximate surface area is 76.5 Å². The Kier molecular flexibility index (Phi) is 3.49. The van der Waals surface area contributed by atoms with Crippen molar-refractivity contribution in [3.8, 4) is 0 Å². The number of anilines is 1. The Morgan fingerprint density at radius 3 is 2.92 bits per heavy atom. The molecule has 2 N–H and O–H groups in total. The number of aromatic nitrogens is 1.